The van der Waals surface area contributed by atoms with Gasteiger partial charge in [0.2, 0.25) is 0 Å². The van der Waals surface area contributed by atoms with Crippen LogP contribution in [-0.2, 0) is 10.0 Å². The average Bonchev–Trinajstić information content (AvgIpc) is 2.39. The molecule has 0 aliphatic carbocycles. The number of thioether (sulfide) groups is 1. The zero-order valence-corrected chi connectivity index (χ0v) is 11.8. The molecule has 0 unspecified atom stereocenters. The van der Waals surface area contributed by atoms with Gasteiger partial charge in [0.25, 0.3) is 10.0 Å². The van der Waals surface area contributed by atoms with Gasteiger partial charge < -0.3 is 0 Å². The first-order chi connectivity index (χ1) is 9.03. The molecule has 1 N–H and O–H groups in total. The van der Waals surface area contributed by atoms with Gasteiger partial charge in [0.1, 0.15) is 10.7 Å². The maximum Gasteiger partial charge on any atom is 0.264 e. The Morgan fingerprint density at radius 3 is 2.26 bits per heavy atom. The van der Waals surface area contributed by atoms with Gasteiger partial charge in [-0.05, 0) is 42.7 Å². The Bertz CT molecular complexity index is 669. The molecule has 3 nitrogen and oxygen atoms in total. The van der Waals surface area contributed by atoms with E-state index in [2.05, 4.69) is 4.72 Å². The molecule has 0 heterocycles. The molecule has 0 saturated carbocycles. The molecular formula is C13H12FNO2S2. The molecule has 100 valence electrons. The normalized spacial score (nSPS) is 11.3. The van der Waals surface area contributed by atoms with Gasteiger partial charge in [-0.1, -0.05) is 12.1 Å². The summed E-state index contributed by atoms with van der Waals surface area (Å²) in [6.07, 6.45) is 1.93. The van der Waals surface area contributed by atoms with E-state index in [0.29, 0.717) is 5.69 Å². The predicted octanol–water partition coefficient (Wildman–Crippen LogP) is 3.35. The molecule has 6 heteroatoms. The van der Waals surface area contributed by atoms with Gasteiger partial charge in [-0.3, -0.25) is 4.72 Å². The first-order valence-corrected chi connectivity index (χ1v) is 8.15. The summed E-state index contributed by atoms with van der Waals surface area (Å²) < 4.78 is 39.9. The second-order valence-electron chi connectivity index (χ2n) is 3.76. The summed E-state index contributed by atoms with van der Waals surface area (Å²) in [4.78, 5) is 0.665. The number of benzene rings is 2. The van der Waals surface area contributed by atoms with Crippen LogP contribution in [0.4, 0.5) is 10.1 Å². The van der Waals surface area contributed by atoms with Crippen LogP contribution in [0.5, 0.6) is 0 Å². The van der Waals surface area contributed by atoms with Crippen molar-refractivity contribution in [3.05, 3.63) is 54.3 Å². The van der Waals surface area contributed by atoms with E-state index in [1.54, 1.807) is 36.0 Å². The quantitative estimate of drug-likeness (QED) is 0.880. The van der Waals surface area contributed by atoms with E-state index in [1.807, 2.05) is 6.26 Å². The molecule has 0 spiro atoms. The van der Waals surface area contributed by atoms with Crippen LogP contribution < -0.4 is 4.72 Å². The van der Waals surface area contributed by atoms with Crippen molar-refractivity contribution >= 4 is 27.5 Å². The van der Waals surface area contributed by atoms with Crippen molar-refractivity contribution in [3.8, 4) is 0 Å². The minimum absolute atomic E-state index is 0.357. The van der Waals surface area contributed by atoms with Crippen molar-refractivity contribution in [2.75, 3.05) is 11.0 Å². The second-order valence-corrected chi connectivity index (χ2v) is 6.29. The van der Waals surface area contributed by atoms with Gasteiger partial charge in [-0.15, -0.1) is 11.8 Å². The predicted molar refractivity (Wildman–Crippen MR) is 75.4 cm³/mol. The van der Waals surface area contributed by atoms with E-state index in [1.165, 1.54) is 18.2 Å². The molecule has 0 aliphatic heterocycles. The number of sulfonamides is 1. The fraction of sp³-hybridized carbons (Fsp3) is 0.0769. The highest BCUT2D eigenvalue weighted by molar-refractivity contribution is 7.98. The molecule has 2 aromatic carbocycles. The van der Waals surface area contributed by atoms with E-state index in [-0.39, 0.29) is 4.90 Å². The lowest BCUT2D eigenvalue weighted by Gasteiger charge is -2.09. The Hall–Kier alpha value is -1.53. The number of hydrogen-bond donors (Lipinski definition) is 1. The largest absolute Gasteiger partial charge is 0.280 e. The van der Waals surface area contributed by atoms with Crippen LogP contribution in [0.1, 0.15) is 0 Å². The fourth-order valence-electron chi connectivity index (χ4n) is 1.53. The molecular weight excluding hydrogens is 285 g/mol. The molecule has 0 fully saturated rings. The lowest BCUT2D eigenvalue weighted by molar-refractivity contribution is 0.570. The van der Waals surface area contributed by atoms with Gasteiger partial charge in [-0.2, -0.15) is 0 Å². The first-order valence-electron chi connectivity index (χ1n) is 5.44. The Balaban J connectivity index is 2.28. The van der Waals surface area contributed by atoms with Crippen LogP contribution in [0.25, 0.3) is 0 Å². The lowest BCUT2D eigenvalue weighted by Crippen LogP contribution is -2.14. The summed E-state index contributed by atoms with van der Waals surface area (Å²) in [7, 11) is -3.90. The molecule has 0 aromatic heterocycles. The van der Waals surface area contributed by atoms with E-state index < -0.39 is 15.8 Å². The summed E-state index contributed by atoms with van der Waals surface area (Å²) in [5.74, 6) is -0.768. The highest BCUT2D eigenvalue weighted by Gasteiger charge is 2.18. The monoisotopic (exact) mass is 297 g/mol. The molecule has 2 aromatic rings. The van der Waals surface area contributed by atoms with Crippen LogP contribution in [0.3, 0.4) is 0 Å². The Labute approximate surface area is 115 Å². The number of nitrogens with one attached hydrogen (secondary N) is 1. The van der Waals surface area contributed by atoms with Crippen molar-refractivity contribution in [2.24, 2.45) is 0 Å². The van der Waals surface area contributed by atoms with Crippen molar-refractivity contribution < 1.29 is 12.8 Å². The van der Waals surface area contributed by atoms with E-state index in [9.17, 15) is 12.8 Å². The van der Waals surface area contributed by atoms with Crippen LogP contribution in [0, 0.1) is 5.82 Å². The van der Waals surface area contributed by atoms with Crippen molar-refractivity contribution in [2.45, 2.75) is 9.79 Å². The van der Waals surface area contributed by atoms with Crippen molar-refractivity contribution in [1.82, 2.24) is 0 Å². The molecule has 0 amide bonds. The van der Waals surface area contributed by atoms with Crippen molar-refractivity contribution in [3.63, 3.8) is 0 Å². The molecule has 19 heavy (non-hydrogen) atoms. The van der Waals surface area contributed by atoms with Gasteiger partial charge in [0, 0.05) is 10.6 Å². The summed E-state index contributed by atoms with van der Waals surface area (Å²) in [6, 6.07) is 12.2. The number of hydrogen-bond acceptors (Lipinski definition) is 3. The summed E-state index contributed by atoms with van der Waals surface area (Å²) >= 11 is 1.56. The molecule has 0 radical (unpaired) electrons. The topological polar surface area (TPSA) is 46.2 Å². The zero-order valence-electron chi connectivity index (χ0n) is 10.1. The SMILES string of the molecule is CSc1ccc(NS(=O)(=O)c2ccccc2F)cc1. The Morgan fingerprint density at radius 2 is 1.68 bits per heavy atom. The zero-order chi connectivity index (χ0) is 13.9. The third-order valence-corrected chi connectivity index (χ3v) is 4.63. The third kappa shape index (κ3) is 3.27. The maximum absolute atomic E-state index is 13.5. The average molecular weight is 297 g/mol. The highest BCUT2D eigenvalue weighted by Crippen LogP contribution is 2.21. The summed E-state index contributed by atoms with van der Waals surface area (Å²) in [5.41, 5.74) is 0.404. The lowest BCUT2D eigenvalue weighted by atomic mass is 10.3. The first kappa shape index (κ1) is 13.9. The molecule has 0 atom stereocenters. The van der Waals surface area contributed by atoms with Crippen LogP contribution in [0.2, 0.25) is 0 Å². The van der Waals surface area contributed by atoms with Crippen LogP contribution in [-0.4, -0.2) is 14.7 Å². The van der Waals surface area contributed by atoms with E-state index >= 15 is 0 Å². The van der Waals surface area contributed by atoms with Gasteiger partial charge in [-0.25, -0.2) is 12.8 Å². The molecule has 0 bridgehead atoms. The van der Waals surface area contributed by atoms with Crippen LogP contribution >= 0.6 is 11.8 Å². The Kier molecular flexibility index (Phi) is 4.11. The standard InChI is InChI=1S/C13H12FNO2S2/c1-18-11-8-6-10(7-9-11)15-19(16,17)13-5-3-2-4-12(13)14/h2-9,15H,1H3. The third-order valence-electron chi connectivity index (χ3n) is 2.47. The molecule has 2 rings (SSSR count). The Morgan fingerprint density at radius 1 is 1.05 bits per heavy atom. The number of rotatable bonds is 4. The smallest absolute Gasteiger partial charge is 0.264 e. The minimum Gasteiger partial charge on any atom is -0.280 e. The minimum atomic E-state index is -3.90. The number of anilines is 1. The van der Waals surface area contributed by atoms with Crippen molar-refractivity contribution in [1.29, 1.82) is 0 Å². The summed E-state index contributed by atoms with van der Waals surface area (Å²) in [6.45, 7) is 0. The molecule has 0 saturated heterocycles. The van der Waals surface area contributed by atoms with Gasteiger partial charge in [0.05, 0.1) is 0 Å². The number of halogens is 1. The van der Waals surface area contributed by atoms with E-state index in [4.69, 9.17) is 0 Å². The van der Waals surface area contributed by atoms with Gasteiger partial charge in [0.15, 0.2) is 0 Å². The second kappa shape index (κ2) is 5.63. The highest BCUT2D eigenvalue weighted by atomic mass is 32.2. The molecule has 0 aliphatic rings. The van der Waals surface area contributed by atoms with E-state index in [0.717, 1.165) is 11.0 Å². The summed E-state index contributed by atoms with van der Waals surface area (Å²) in [5, 5.41) is 0. The van der Waals surface area contributed by atoms with Gasteiger partial charge >= 0.3 is 0 Å². The fourth-order valence-corrected chi connectivity index (χ4v) is 3.08. The van der Waals surface area contributed by atoms with Crippen LogP contribution in [0.15, 0.2) is 58.3 Å². The maximum atomic E-state index is 13.5.